The van der Waals surface area contributed by atoms with Crippen LogP contribution in [0.15, 0.2) is 22.7 Å². The van der Waals surface area contributed by atoms with Crippen LogP contribution in [-0.4, -0.2) is 5.11 Å². The average Bonchev–Trinajstić information content (AvgIpc) is 2.05. The summed E-state index contributed by atoms with van der Waals surface area (Å²) in [6.45, 7) is 0.0100. The lowest BCUT2D eigenvalue weighted by Gasteiger charge is -1.99. The van der Waals surface area contributed by atoms with Gasteiger partial charge in [0.1, 0.15) is 0 Å². The Morgan fingerprint density at radius 2 is 2.27 bits per heavy atom. The maximum atomic E-state index is 8.84. The van der Waals surface area contributed by atoms with E-state index in [9.17, 15) is 0 Å². The van der Waals surface area contributed by atoms with Crippen molar-refractivity contribution in [3.8, 4) is 12.3 Å². The largest absolute Gasteiger partial charge is 0.392 e. The summed E-state index contributed by atoms with van der Waals surface area (Å²) in [7, 11) is 0. The minimum Gasteiger partial charge on any atom is -0.392 e. The SMILES string of the molecule is C#Cc1ccc(Br)c(CO)c1. The Morgan fingerprint density at radius 3 is 2.82 bits per heavy atom. The fraction of sp³-hybridized carbons (Fsp3) is 0.111. The minimum absolute atomic E-state index is 0.0100. The zero-order valence-electron chi connectivity index (χ0n) is 5.84. The van der Waals surface area contributed by atoms with Gasteiger partial charge in [-0.15, -0.1) is 6.42 Å². The minimum atomic E-state index is 0.0100. The van der Waals surface area contributed by atoms with Crippen LogP contribution in [0.2, 0.25) is 0 Å². The Labute approximate surface area is 74.2 Å². The zero-order valence-corrected chi connectivity index (χ0v) is 7.43. The van der Waals surface area contributed by atoms with Crippen molar-refractivity contribution in [2.24, 2.45) is 0 Å². The van der Waals surface area contributed by atoms with E-state index in [1.807, 2.05) is 12.1 Å². The van der Waals surface area contributed by atoms with E-state index in [1.165, 1.54) is 0 Å². The molecule has 0 aliphatic rings. The summed E-state index contributed by atoms with van der Waals surface area (Å²) in [6.07, 6.45) is 5.18. The predicted molar refractivity (Wildman–Crippen MR) is 48.0 cm³/mol. The number of terminal acetylenes is 1. The molecule has 0 spiro atoms. The molecule has 56 valence electrons. The maximum absolute atomic E-state index is 8.84. The fourth-order valence-corrected chi connectivity index (χ4v) is 1.16. The van der Waals surface area contributed by atoms with E-state index in [-0.39, 0.29) is 6.61 Å². The highest BCUT2D eigenvalue weighted by Gasteiger charge is 1.97. The highest BCUT2D eigenvalue weighted by Crippen LogP contribution is 2.17. The number of rotatable bonds is 1. The summed E-state index contributed by atoms with van der Waals surface area (Å²) in [5.74, 6) is 2.50. The number of hydrogen-bond acceptors (Lipinski definition) is 1. The Kier molecular flexibility index (Phi) is 2.70. The molecule has 11 heavy (non-hydrogen) atoms. The van der Waals surface area contributed by atoms with Crippen molar-refractivity contribution < 1.29 is 5.11 Å². The standard InChI is InChI=1S/C9H7BrO/c1-2-7-3-4-9(10)8(5-7)6-11/h1,3-5,11H,6H2. The molecule has 0 bridgehead atoms. The summed E-state index contributed by atoms with van der Waals surface area (Å²) >= 11 is 3.29. The molecule has 0 saturated carbocycles. The van der Waals surface area contributed by atoms with E-state index in [2.05, 4.69) is 21.9 Å². The lowest BCUT2D eigenvalue weighted by atomic mass is 10.1. The molecule has 0 radical (unpaired) electrons. The van der Waals surface area contributed by atoms with Gasteiger partial charge >= 0.3 is 0 Å². The molecule has 2 heteroatoms. The molecule has 0 aromatic heterocycles. The van der Waals surface area contributed by atoms with Crippen LogP contribution in [0.5, 0.6) is 0 Å². The molecule has 1 aromatic carbocycles. The summed E-state index contributed by atoms with van der Waals surface area (Å²) in [5, 5.41) is 8.84. The van der Waals surface area contributed by atoms with E-state index < -0.39 is 0 Å². The second kappa shape index (κ2) is 3.56. The van der Waals surface area contributed by atoms with E-state index in [0.29, 0.717) is 0 Å². The normalized spacial score (nSPS) is 9.18. The summed E-state index contributed by atoms with van der Waals surface area (Å²) in [4.78, 5) is 0. The van der Waals surface area contributed by atoms with Gasteiger partial charge < -0.3 is 5.11 Å². The highest BCUT2D eigenvalue weighted by atomic mass is 79.9. The van der Waals surface area contributed by atoms with Gasteiger partial charge in [-0.3, -0.25) is 0 Å². The first kappa shape index (κ1) is 8.32. The van der Waals surface area contributed by atoms with Crippen molar-refractivity contribution in [3.63, 3.8) is 0 Å². The Morgan fingerprint density at radius 1 is 1.55 bits per heavy atom. The van der Waals surface area contributed by atoms with Crippen molar-refractivity contribution in [1.82, 2.24) is 0 Å². The van der Waals surface area contributed by atoms with Crippen LogP contribution in [0, 0.1) is 12.3 Å². The van der Waals surface area contributed by atoms with Crippen LogP contribution >= 0.6 is 15.9 Å². The fourth-order valence-electron chi connectivity index (χ4n) is 0.786. The number of aliphatic hydroxyl groups excluding tert-OH is 1. The lowest BCUT2D eigenvalue weighted by Crippen LogP contribution is -1.86. The molecule has 1 nitrogen and oxygen atoms in total. The van der Waals surface area contributed by atoms with E-state index in [1.54, 1.807) is 6.07 Å². The van der Waals surface area contributed by atoms with Crippen LogP contribution in [0.4, 0.5) is 0 Å². The van der Waals surface area contributed by atoms with Gasteiger partial charge in [-0.2, -0.15) is 0 Å². The second-order valence-electron chi connectivity index (χ2n) is 2.11. The molecule has 0 saturated heterocycles. The third kappa shape index (κ3) is 1.83. The van der Waals surface area contributed by atoms with Crippen molar-refractivity contribution in [1.29, 1.82) is 0 Å². The predicted octanol–water partition coefficient (Wildman–Crippen LogP) is 1.92. The van der Waals surface area contributed by atoms with Crippen LogP contribution in [0.25, 0.3) is 0 Å². The van der Waals surface area contributed by atoms with Crippen LogP contribution in [-0.2, 0) is 6.61 Å². The molecule has 1 aromatic rings. The maximum Gasteiger partial charge on any atom is 0.0693 e. The third-order valence-electron chi connectivity index (χ3n) is 1.38. The molecule has 1 rings (SSSR count). The van der Waals surface area contributed by atoms with Gasteiger partial charge in [0.25, 0.3) is 0 Å². The van der Waals surface area contributed by atoms with Gasteiger partial charge in [0.05, 0.1) is 6.61 Å². The van der Waals surface area contributed by atoms with Crippen LogP contribution in [0.1, 0.15) is 11.1 Å². The van der Waals surface area contributed by atoms with Crippen molar-refractivity contribution in [2.75, 3.05) is 0 Å². The summed E-state index contributed by atoms with van der Waals surface area (Å²) in [5.41, 5.74) is 1.61. The van der Waals surface area contributed by atoms with E-state index in [4.69, 9.17) is 11.5 Å². The molecule has 0 unspecified atom stereocenters. The third-order valence-corrected chi connectivity index (χ3v) is 2.16. The van der Waals surface area contributed by atoms with Gasteiger partial charge in [-0.25, -0.2) is 0 Å². The molecule has 0 aliphatic heterocycles. The van der Waals surface area contributed by atoms with Gasteiger partial charge in [0.2, 0.25) is 0 Å². The van der Waals surface area contributed by atoms with E-state index in [0.717, 1.165) is 15.6 Å². The molecular weight excluding hydrogens is 204 g/mol. The number of benzene rings is 1. The quantitative estimate of drug-likeness (QED) is 0.703. The smallest absolute Gasteiger partial charge is 0.0693 e. The first-order valence-corrected chi connectivity index (χ1v) is 3.93. The molecular formula is C9H7BrO. The Hall–Kier alpha value is -0.780. The molecule has 0 heterocycles. The van der Waals surface area contributed by atoms with Gasteiger partial charge in [-0.1, -0.05) is 21.9 Å². The molecule has 0 aliphatic carbocycles. The van der Waals surface area contributed by atoms with E-state index >= 15 is 0 Å². The van der Waals surface area contributed by atoms with Crippen molar-refractivity contribution >= 4 is 15.9 Å². The monoisotopic (exact) mass is 210 g/mol. The van der Waals surface area contributed by atoms with Crippen molar-refractivity contribution in [3.05, 3.63) is 33.8 Å². The second-order valence-corrected chi connectivity index (χ2v) is 2.96. The number of halogens is 1. The van der Waals surface area contributed by atoms with Crippen molar-refractivity contribution in [2.45, 2.75) is 6.61 Å². The topological polar surface area (TPSA) is 20.2 Å². The first-order valence-electron chi connectivity index (χ1n) is 3.14. The Bertz CT molecular complexity index is 299. The molecule has 0 atom stereocenters. The molecule has 0 fully saturated rings. The average molecular weight is 211 g/mol. The summed E-state index contributed by atoms with van der Waals surface area (Å²) < 4.78 is 0.888. The number of hydrogen-bond donors (Lipinski definition) is 1. The first-order chi connectivity index (χ1) is 5.27. The van der Waals surface area contributed by atoms with Gasteiger partial charge in [0, 0.05) is 10.0 Å². The Balaban J connectivity index is 3.15. The van der Waals surface area contributed by atoms with Gasteiger partial charge in [0.15, 0.2) is 0 Å². The van der Waals surface area contributed by atoms with Crippen LogP contribution < -0.4 is 0 Å². The zero-order chi connectivity index (χ0) is 8.27. The lowest BCUT2D eigenvalue weighted by molar-refractivity contribution is 0.281. The number of aliphatic hydroxyl groups is 1. The van der Waals surface area contributed by atoms with Crippen LogP contribution in [0.3, 0.4) is 0 Å². The molecule has 0 amide bonds. The molecule has 1 N–H and O–H groups in total. The van der Waals surface area contributed by atoms with Gasteiger partial charge in [-0.05, 0) is 23.8 Å². The summed E-state index contributed by atoms with van der Waals surface area (Å²) in [6, 6.07) is 5.44. The highest BCUT2D eigenvalue weighted by molar-refractivity contribution is 9.10.